The minimum absolute atomic E-state index is 0.0637. The lowest BCUT2D eigenvalue weighted by Gasteiger charge is -2.14. The summed E-state index contributed by atoms with van der Waals surface area (Å²) in [6.07, 6.45) is -0.746. The van der Waals surface area contributed by atoms with Crippen LogP contribution in [0.5, 0.6) is 11.5 Å². The number of hydrogen-bond acceptors (Lipinski definition) is 8. The van der Waals surface area contributed by atoms with Crippen LogP contribution in [0.3, 0.4) is 0 Å². The van der Waals surface area contributed by atoms with Crippen molar-refractivity contribution in [2.75, 3.05) is 13.7 Å². The molecule has 25 heavy (non-hydrogen) atoms. The van der Waals surface area contributed by atoms with E-state index in [-0.39, 0.29) is 34.6 Å². The first-order chi connectivity index (χ1) is 11.8. The summed E-state index contributed by atoms with van der Waals surface area (Å²) in [5, 5.41) is 3.70. The first-order valence-corrected chi connectivity index (χ1v) is 7.49. The van der Waals surface area contributed by atoms with E-state index in [9.17, 15) is 9.59 Å². The molecule has 0 aliphatic carbocycles. The average molecular weight is 370 g/mol. The third kappa shape index (κ3) is 4.60. The molecule has 1 atom stereocenters. The fraction of sp³-hybridized carbons (Fsp3) is 0.333. The molecule has 1 aromatic heterocycles. The van der Waals surface area contributed by atoms with E-state index in [1.807, 2.05) is 0 Å². The van der Waals surface area contributed by atoms with Crippen LogP contribution in [0.1, 0.15) is 35.1 Å². The molecule has 2 rings (SSSR count). The Morgan fingerprint density at radius 1 is 1.40 bits per heavy atom. The van der Waals surface area contributed by atoms with E-state index >= 15 is 0 Å². The highest BCUT2D eigenvalue weighted by Gasteiger charge is 2.22. The van der Waals surface area contributed by atoms with Crippen LogP contribution in [0.25, 0.3) is 0 Å². The van der Waals surface area contributed by atoms with Crippen LogP contribution in [-0.2, 0) is 9.53 Å². The van der Waals surface area contributed by atoms with E-state index in [0.717, 1.165) is 0 Å². The number of ether oxygens (including phenoxy) is 3. The summed E-state index contributed by atoms with van der Waals surface area (Å²) in [7, 11) is 1.36. The second kappa shape index (κ2) is 7.84. The quantitative estimate of drug-likeness (QED) is 0.732. The highest BCUT2D eigenvalue weighted by Crippen LogP contribution is 2.36. The summed E-state index contributed by atoms with van der Waals surface area (Å²) in [5.74, 6) is -0.499. The predicted octanol–water partition coefficient (Wildman–Crippen LogP) is 1.82. The molecule has 1 unspecified atom stereocenters. The second-order valence-electron chi connectivity index (χ2n) is 4.97. The minimum Gasteiger partial charge on any atom is -0.493 e. The van der Waals surface area contributed by atoms with Gasteiger partial charge in [-0.25, -0.2) is 4.79 Å². The number of carbonyl (C=O) groups is 2. The SMILES string of the molecule is COc1cc(C(=O)OC(C)c2nc(C)no2)cc(Cl)c1OCC(N)=O. The number of methoxy groups -OCH3 is 1. The van der Waals surface area contributed by atoms with Crippen LogP contribution in [0.15, 0.2) is 16.7 Å². The summed E-state index contributed by atoms with van der Waals surface area (Å²) in [6, 6.07) is 2.70. The molecule has 0 spiro atoms. The summed E-state index contributed by atoms with van der Waals surface area (Å²) in [5.41, 5.74) is 5.15. The van der Waals surface area contributed by atoms with Gasteiger partial charge < -0.3 is 24.5 Å². The zero-order valence-electron chi connectivity index (χ0n) is 13.7. The standard InChI is InChI=1S/C15H16ClN3O6/c1-7(14-18-8(2)19-25-14)24-15(21)9-4-10(16)13(11(5-9)22-3)23-6-12(17)20/h4-5,7H,6H2,1-3H3,(H2,17,20). The Balaban J connectivity index is 2.19. The lowest BCUT2D eigenvalue weighted by Crippen LogP contribution is -2.20. The van der Waals surface area contributed by atoms with Gasteiger partial charge in [-0.3, -0.25) is 4.79 Å². The Kier molecular flexibility index (Phi) is 5.81. The number of primary amides is 1. The fourth-order valence-electron chi connectivity index (χ4n) is 1.88. The number of esters is 1. The van der Waals surface area contributed by atoms with Crippen molar-refractivity contribution in [1.29, 1.82) is 0 Å². The van der Waals surface area contributed by atoms with Crippen LogP contribution < -0.4 is 15.2 Å². The molecule has 0 radical (unpaired) electrons. The zero-order valence-corrected chi connectivity index (χ0v) is 14.5. The summed E-state index contributed by atoms with van der Waals surface area (Å²) in [4.78, 5) is 27.1. The van der Waals surface area contributed by atoms with Gasteiger partial charge in [0.25, 0.3) is 11.8 Å². The summed E-state index contributed by atoms with van der Waals surface area (Å²) < 4.78 is 20.5. The summed E-state index contributed by atoms with van der Waals surface area (Å²) >= 11 is 6.09. The molecule has 0 saturated carbocycles. The number of halogens is 1. The molecule has 1 amide bonds. The van der Waals surface area contributed by atoms with Gasteiger partial charge in [0.2, 0.25) is 0 Å². The van der Waals surface area contributed by atoms with Gasteiger partial charge in [0, 0.05) is 0 Å². The molecule has 0 bridgehead atoms. The number of hydrogen-bond donors (Lipinski definition) is 1. The normalized spacial score (nSPS) is 11.7. The maximum Gasteiger partial charge on any atom is 0.339 e. The first kappa shape index (κ1) is 18.5. The van der Waals surface area contributed by atoms with Crippen LogP contribution in [-0.4, -0.2) is 35.7 Å². The topological polar surface area (TPSA) is 127 Å². The Bertz CT molecular complexity index is 792. The molecule has 0 aliphatic rings. The second-order valence-corrected chi connectivity index (χ2v) is 5.38. The predicted molar refractivity (Wildman–Crippen MR) is 85.6 cm³/mol. The Morgan fingerprint density at radius 3 is 2.68 bits per heavy atom. The van der Waals surface area contributed by atoms with Gasteiger partial charge in [-0.2, -0.15) is 4.98 Å². The van der Waals surface area contributed by atoms with Crippen molar-refractivity contribution in [2.24, 2.45) is 5.73 Å². The highest BCUT2D eigenvalue weighted by atomic mass is 35.5. The number of rotatable bonds is 7. The minimum atomic E-state index is -0.746. The number of aryl methyl sites for hydroxylation is 1. The van der Waals surface area contributed by atoms with E-state index in [1.54, 1.807) is 13.8 Å². The monoisotopic (exact) mass is 369 g/mol. The largest absolute Gasteiger partial charge is 0.493 e. The van der Waals surface area contributed by atoms with E-state index in [2.05, 4.69) is 10.1 Å². The van der Waals surface area contributed by atoms with Crippen LogP contribution in [0.2, 0.25) is 5.02 Å². The van der Waals surface area contributed by atoms with Gasteiger partial charge in [0.1, 0.15) is 0 Å². The van der Waals surface area contributed by atoms with Crippen LogP contribution in [0.4, 0.5) is 0 Å². The number of benzene rings is 1. The van der Waals surface area contributed by atoms with E-state index < -0.39 is 18.0 Å². The van der Waals surface area contributed by atoms with Gasteiger partial charge in [0.05, 0.1) is 17.7 Å². The van der Waals surface area contributed by atoms with E-state index in [4.69, 9.17) is 36.1 Å². The molecule has 9 nitrogen and oxygen atoms in total. The third-order valence-corrected chi connectivity index (χ3v) is 3.28. The molecule has 0 saturated heterocycles. The van der Waals surface area contributed by atoms with Gasteiger partial charge in [-0.05, 0) is 26.0 Å². The molecule has 134 valence electrons. The van der Waals surface area contributed by atoms with Crippen molar-refractivity contribution in [3.8, 4) is 11.5 Å². The van der Waals surface area contributed by atoms with Gasteiger partial charge in [-0.1, -0.05) is 16.8 Å². The van der Waals surface area contributed by atoms with Crippen LogP contribution >= 0.6 is 11.6 Å². The van der Waals surface area contributed by atoms with E-state index in [1.165, 1.54) is 19.2 Å². The van der Waals surface area contributed by atoms with E-state index in [0.29, 0.717) is 5.82 Å². The van der Waals surface area contributed by atoms with Crippen molar-refractivity contribution in [1.82, 2.24) is 10.1 Å². The molecule has 2 aromatic rings. The van der Waals surface area contributed by atoms with Gasteiger partial charge in [-0.15, -0.1) is 0 Å². The molecular weight excluding hydrogens is 354 g/mol. The van der Waals surface area contributed by atoms with Crippen molar-refractivity contribution in [3.05, 3.63) is 34.4 Å². The number of carbonyl (C=O) groups excluding carboxylic acids is 2. The molecule has 1 aromatic carbocycles. The molecule has 0 aliphatic heterocycles. The highest BCUT2D eigenvalue weighted by molar-refractivity contribution is 6.32. The first-order valence-electron chi connectivity index (χ1n) is 7.11. The fourth-order valence-corrected chi connectivity index (χ4v) is 2.14. The number of nitrogens with zero attached hydrogens (tertiary/aromatic N) is 2. The Morgan fingerprint density at radius 2 is 2.12 bits per heavy atom. The van der Waals surface area contributed by atoms with Gasteiger partial charge >= 0.3 is 5.97 Å². The maximum absolute atomic E-state index is 12.3. The van der Waals surface area contributed by atoms with Crippen molar-refractivity contribution in [2.45, 2.75) is 20.0 Å². The lowest BCUT2D eigenvalue weighted by molar-refractivity contribution is -0.119. The smallest absolute Gasteiger partial charge is 0.339 e. The molecule has 10 heteroatoms. The lowest BCUT2D eigenvalue weighted by atomic mass is 10.2. The zero-order chi connectivity index (χ0) is 18.6. The van der Waals surface area contributed by atoms with Crippen molar-refractivity contribution < 1.29 is 28.3 Å². The number of nitrogens with two attached hydrogens (primary N) is 1. The molecule has 2 N–H and O–H groups in total. The molecular formula is C15H16ClN3O6. The van der Waals surface area contributed by atoms with Crippen LogP contribution in [0, 0.1) is 6.92 Å². The Labute approximate surface area is 148 Å². The third-order valence-electron chi connectivity index (χ3n) is 3.00. The van der Waals surface area contributed by atoms with Crippen molar-refractivity contribution in [3.63, 3.8) is 0 Å². The average Bonchev–Trinajstić information content (AvgIpc) is 2.99. The number of amides is 1. The molecule has 1 heterocycles. The molecule has 0 fully saturated rings. The van der Waals surface area contributed by atoms with Gasteiger partial charge in [0.15, 0.2) is 30.0 Å². The summed E-state index contributed by atoms with van der Waals surface area (Å²) in [6.45, 7) is 2.86. The van der Waals surface area contributed by atoms with Crippen molar-refractivity contribution >= 4 is 23.5 Å². The number of aromatic nitrogens is 2. The Hall–Kier alpha value is -2.81. The maximum atomic E-state index is 12.3.